The SMILES string of the molecule is Cc1c(N)nn(C)c1-c1ccc(C2CCCCC2)cc1. The maximum atomic E-state index is 5.89. The van der Waals surface area contributed by atoms with Crippen molar-refractivity contribution in [2.24, 2.45) is 7.05 Å². The summed E-state index contributed by atoms with van der Waals surface area (Å²) in [5.41, 5.74) is 10.8. The number of anilines is 1. The Kier molecular flexibility index (Phi) is 3.51. The summed E-state index contributed by atoms with van der Waals surface area (Å²) in [4.78, 5) is 0. The van der Waals surface area contributed by atoms with E-state index in [0.29, 0.717) is 5.82 Å². The van der Waals surface area contributed by atoms with E-state index in [1.807, 2.05) is 18.7 Å². The van der Waals surface area contributed by atoms with Gasteiger partial charge in [-0.2, -0.15) is 5.10 Å². The van der Waals surface area contributed by atoms with Crippen LogP contribution in [0.2, 0.25) is 0 Å². The molecule has 2 N–H and O–H groups in total. The van der Waals surface area contributed by atoms with Gasteiger partial charge in [0, 0.05) is 18.2 Å². The molecule has 0 spiro atoms. The van der Waals surface area contributed by atoms with Crippen LogP contribution in [0.4, 0.5) is 5.82 Å². The first kappa shape index (κ1) is 13.2. The number of nitrogen functional groups attached to an aromatic ring is 1. The Bertz CT molecular complexity index is 589. The fourth-order valence-corrected chi connectivity index (χ4v) is 3.40. The molecule has 0 radical (unpaired) electrons. The molecule has 2 aromatic rings. The molecule has 20 heavy (non-hydrogen) atoms. The number of benzene rings is 1. The van der Waals surface area contributed by atoms with Gasteiger partial charge in [0.2, 0.25) is 0 Å². The van der Waals surface area contributed by atoms with Crippen molar-refractivity contribution in [3.63, 3.8) is 0 Å². The first-order valence-electron chi connectivity index (χ1n) is 7.56. The number of rotatable bonds is 2. The molecule has 1 aromatic carbocycles. The van der Waals surface area contributed by atoms with Crippen LogP contribution in [0.3, 0.4) is 0 Å². The minimum atomic E-state index is 0.624. The third kappa shape index (κ3) is 2.33. The third-order valence-corrected chi connectivity index (χ3v) is 4.58. The molecule has 0 bridgehead atoms. The maximum Gasteiger partial charge on any atom is 0.148 e. The fourth-order valence-electron chi connectivity index (χ4n) is 3.40. The van der Waals surface area contributed by atoms with Crippen LogP contribution in [-0.4, -0.2) is 9.78 Å². The lowest BCUT2D eigenvalue weighted by Crippen LogP contribution is -2.04. The number of nitrogens with zero attached hydrogens (tertiary/aromatic N) is 2. The Morgan fingerprint density at radius 1 is 1.10 bits per heavy atom. The van der Waals surface area contributed by atoms with E-state index in [4.69, 9.17) is 5.73 Å². The van der Waals surface area contributed by atoms with E-state index in [1.165, 1.54) is 43.2 Å². The van der Waals surface area contributed by atoms with Gasteiger partial charge in [-0.1, -0.05) is 43.5 Å². The normalized spacial score (nSPS) is 16.5. The quantitative estimate of drug-likeness (QED) is 0.894. The molecule has 0 unspecified atom stereocenters. The zero-order valence-electron chi connectivity index (χ0n) is 12.4. The monoisotopic (exact) mass is 269 g/mol. The number of hydrogen-bond donors (Lipinski definition) is 1. The van der Waals surface area contributed by atoms with Crippen LogP contribution >= 0.6 is 0 Å². The molecular weight excluding hydrogens is 246 g/mol. The topological polar surface area (TPSA) is 43.8 Å². The van der Waals surface area contributed by atoms with Gasteiger partial charge in [0.15, 0.2) is 0 Å². The highest BCUT2D eigenvalue weighted by Crippen LogP contribution is 2.34. The highest BCUT2D eigenvalue weighted by Gasteiger charge is 2.16. The van der Waals surface area contributed by atoms with Gasteiger partial charge in [0.1, 0.15) is 5.82 Å². The van der Waals surface area contributed by atoms with E-state index in [1.54, 1.807) is 0 Å². The molecule has 1 fully saturated rings. The van der Waals surface area contributed by atoms with Crippen LogP contribution < -0.4 is 5.73 Å². The van der Waals surface area contributed by atoms with E-state index in [-0.39, 0.29) is 0 Å². The number of nitrogens with two attached hydrogens (primary N) is 1. The fraction of sp³-hybridized carbons (Fsp3) is 0.471. The molecule has 1 aromatic heterocycles. The van der Waals surface area contributed by atoms with Gasteiger partial charge in [-0.25, -0.2) is 0 Å². The standard InChI is InChI=1S/C17H23N3/c1-12-16(20(2)19-17(12)18)15-10-8-14(9-11-15)13-6-4-3-5-7-13/h8-11,13H,3-7H2,1-2H3,(H2,18,19). The summed E-state index contributed by atoms with van der Waals surface area (Å²) in [5.74, 6) is 1.38. The lowest BCUT2D eigenvalue weighted by Gasteiger charge is -2.22. The van der Waals surface area contributed by atoms with E-state index in [0.717, 1.165) is 17.2 Å². The minimum absolute atomic E-state index is 0.624. The predicted octanol–water partition coefficient (Wildman–Crippen LogP) is 4.03. The van der Waals surface area contributed by atoms with Gasteiger partial charge in [-0.3, -0.25) is 4.68 Å². The Labute approximate surface area is 120 Å². The first-order chi connectivity index (χ1) is 9.66. The molecule has 1 aliphatic rings. The molecule has 0 aliphatic heterocycles. The molecule has 0 saturated heterocycles. The highest BCUT2D eigenvalue weighted by atomic mass is 15.3. The van der Waals surface area contributed by atoms with Crippen LogP contribution in [0.1, 0.15) is 49.1 Å². The second-order valence-electron chi connectivity index (χ2n) is 5.94. The van der Waals surface area contributed by atoms with Crippen molar-refractivity contribution in [1.82, 2.24) is 9.78 Å². The summed E-state index contributed by atoms with van der Waals surface area (Å²) in [5, 5.41) is 4.29. The Hall–Kier alpha value is -1.77. The molecule has 0 amide bonds. The summed E-state index contributed by atoms with van der Waals surface area (Å²) in [7, 11) is 1.95. The summed E-state index contributed by atoms with van der Waals surface area (Å²) < 4.78 is 1.88. The molecule has 3 rings (SSSR count). The summed E-state index contributed by atoms with van der Waals surface area (Å²) >= 11 is 0. The van der Waals surface area contributed by atoms with E-state index >= 15 is 0 Å². The van der Waals surface area contributed by atoms with Crippen LogP contribution in [0, 0.1) is 6.92 Å². The number of aryl methyl sites for hydroxylation is 1. The van der Waals surface area contributed by atoms with Crippen LogP contribution in [-0.2, 0) is 7.05 Å². The number of aromatic nitrogens is 2. The molecule has 3 nitrogen and oxygen atoms in total. The van der Waals surface area contributed by atoms with Gasteiger partial charge in [0.05, 0.1) is 5.69 Å². The molecule has 0 atom stereocenters. The van der Waals surface area contributed by atoms with Crippen molar-refractivity contribution in [2.75, 3.05) is 5.73 Å². The first-order valence-corrected chi connectivity index (χ1v) is 7.56. The van der Waals surface area contributed by atoms with Crippen LogP contribution in [0.5, 0.6) is 0 Å². The minimum Gasteiger partial charge on any atom is -0.382 e. The van der Waals surface area contributed by atoms with E-state index < -0.39 is 0 Å². The van der Waals surface area contributed by atoms with Crippen LogP contribution in [0.15, 0.2) is 24.3 Å². The number of hydrogen-bond acceptors (Lipinski definition) is 2. The molecule has 1 aliphatic carbocycles. The zero-order valence-corrected chi connectivity index (χ0v) is 12.4. The smallest absolute Gasteiger partial charge is 0.148 e. The third-order valence-electron chi connectivity index (χ3n) is 4.58. The average Bonchev–Trinajstić information content (AvgIpc) is 2.73. The average molecular weight is 269 g/mol. The van der Waals surface area contributed by atoms with Crippen LogP contribution in [0.25, 0.3) is 11.3 Å². The summed E-state index contributed by atoms with van der Waals surface area (Å²) in [6.45, 7) is 2.03. The molecular formula is C17H23N3. The van der Waals surface area contributed by atoms with Gasteiger partial charge in [0.25, 0.3) is 0 Å². The highest BCUT2D eigenvalue weighted by molar-refractivity contribution is 5.68. The Morgan fingerprint density at radius 3 is 2.30 bits per heavy atom. The summed E-state index contributed by atoms with van der Waals surface area (Å²) in [6.07, 6.45) is 6.85. The lowest BCUT2D eigenvalue weighted by molar-refractivity contribution is 0.443. The van der Waals surface area contributed by atoms with Gasteiger partial charge < -0.3 is 5.73 Å². The van der Waals surface area contributed by atoms with Crippen molar-refractivity contribution >= 4 is 5.82 Å². The second-order valence-corrected chi connectivity index (χ2v) is 5.94. The Balaban J connectivity index is 1.89. The van der Waals surface area contributed by atoms with Crippen molar-refractivity contribution in [1.29, 1.82) is 0 Å². The maximum absolute atomic E-state index is 5.89. The lowest BCUT2D eigenvalue weighted by atomic mass is 9.84. The Morgan fingerprint density at radius 2 is 1.75 bits per heavy atom. The van der Waals surface area contributed by atoms with Gasteiger partial charge in [-0.05, 0) is 31.2 Å². The van der Waals surface area contributed by atoms with Crippen molar-refractivity contribution < 1.29 is 0 Å². The molecule has 1 saturated carbocycles. The van der Waals surface area contributed by atoms with Crippen molar-refractivity contribution in [3.05, 3.63) is 35.4 Å². The van der Waals surface area contributed by atoms with Crippen molar-refractivity contribution in [2.45, 2.75) is 44.9 Å². The van der Waals surface area contributed by atoms with E-state index in [2.05, 4.69) is 29.4 Å². The largest absolute Gasteiger partial charge is 0.382 e. The predicted molar refractivity (Wildman–Crippen MR) is 83.6 cm³/mol. The molecule has 1 heterocycles. The molecule has 3 heteroatoms. The van der Waals surface area contributed by atoms with Crippen molar-refractivity contribution in [3.8, 4) is 11.3 Å². The summed E-state index contributed by atoms with van der Waals surface area (Å²) in [6, 6.07) is 9.00. The zero-order chi connectivity index (χ0) is 14.1. The van der Waals surface area contributed by atoms with E-state index in [9.17, 15) is 0 Å². The van der Waals surface area contributed by atoms with Gasteiger partial charge in [-0.15, -0.1) is 0 Å². The van der Waals surface area contributed by atoms with Gasteiger partial charge >= 0.3 is 0 Å². The second kappa shape index (κ2) is 5.31. The molecule has 106 valence electrons.